The van der Waals surface area contributed by atoms with E-state index in [1.165, 1.54) is 103 Å². The first-order valence-electron chi connectivity index (χ1n) is 17.6. The van der Waals surface area contributed by atoms with Crippen LogP contribution < -0.4 is 0 Å². The monoisotopic (exact) mass is 618 g/mol. The summed E-state index contributed by atoms with van der Waals surface area (Å²) in [6.45, 7) is 4.32. The number of hydrogen-bond acceptors (Lipinski definition) is 9. The number of esters is 1. The molecule has 0 aromatic heterocycles. The van der Waals surface area contributed by atoms with E-state index in [-0.39, 0.29) is 19.2 Å². The molecule has 1 rings (SSSR count). The van der Waals surface area contributed by atoms with Crippen LogP contribution in [0.3, 0.4) is 0 Å². The van der Waals surface area contributed by atoms with Crippen molar-refractivity contribution in [2.75, 3.05) is 26.4 Å². The lowest BCUT2D eigenvalue weighted by Gasteiger charge is -2.39. The van der Waals surface area contributed by atoms with Crippen LogP contribution in [-0.2, 0) is 23.7 Å². The molecular weight excluding hydrogens is 552 g/mol. The predicted octanol–water partition coefficient (Wildman–Crippen LogP) is 5.96. The third-order valence-corrected chi connectivity index (χ3v) is 8.27. The number of unbranched alkanes of at least 4 members (excludes halogenated alkanes) is 18. The molecule has 0 aromatic rings. The molecular formula is C34H66O9. The van der Waals surface area contributed by atoms with E-state index in [4.69, 9.17) is 18.9 Å². The summed E-state index contributed by atoms with van der Waals surface area (Å²) in [7, 11) is 0. The average Bonchev–Trinajstić information content (AvgIpc) is 3.01. The van der Waals surface area contributed by atoms with Crippen LogP contribution in [0.5, 0.6) is 0 Å². The third kappa shape index (κ3) is 20.0. The van der Waals surface area contributed by atoms with Gasteiger partial charge in [-0.3, -0.25) is 4.79 Å². The van der Waals surface area contributed by atoms with Crippen LogP contribution in [0, 0.1) is 0 Å². The summed E-state index contributed by atoms with van der Waals surface area (Å²) in [4.78, 5) is 12.2. The Hall–Kier alpha value is -0.810. The minimum atomic E-state index is -1.53. The molecule has 0 amide bonds. The SMILES string of the molecule is CCCCCCCCCCCCCCCCCCCCOCC(COC1OC(CO)C(O)C(O)C1O)OC(=O)CCCC. The van der Waals surface area contributed by atoms with E-state index < -0.39 is 43.4 Å². The molecule has 1 heterocycles. The van der Waals surface area contributed by atoms with Crippen molar-refractivity contribution in [3.8, 4) is 0 Å². The van der Waals surface area contributed by atoms with E-state index in [1.807, 2.05) is 6.92 Å². The Labute approximate surface area is 262 Å². The summed E-state index contributed by atoms with van der Waals surface area (Å²) < 4.78 is 22.3. The number of rotatable bonds is 29. The summed E-state index contributed by atoms with van der Waals surface area (Å²) in [6.07, 6.45) is 18.2. The van der Waals surface area contributed by atoms with Crippen LogP contribution in [0.25, 0.3) is 0 Å². The first-order valence-corrected chi connectivity index (χ1v) is 17.6. The third-order valence-electron chi connectivity index (χ3n) is 8.27. The lowest BCUT2D eigenvalue weighted by Crippen LogP contribution is -2.59. The summed E-state index contributed by atoms with van der Waals surface area (Å²) in [5.74, 6) is -0.346. The molecule has 9 heteroatoms. The van der Waals surface area contributed by atoms with Crippen LogP contribution in [0.2, 0.25) is 0 Å². The molecule has 256 valence electrons. The highest BCUT2D eigenvalue weighted by Gasteiger charge is 2.44. The minimum Gasteiger partial charge on any atom is -0.457 e. The van der Waals surface area contributed by atoms with Gasteiger partial charge in [-0.05, 0) is 12.8 Å². The Balaban J connectivity index is 2.11. The van der Waals surface area contributed by atoms with Gasteiger partial charge in [-0.15, -0.1) is 0 Å². The zero-order valence-electron chi connectivity index (χ0n) is 27.5. The Morgan fingerprint density at radius 3 is 1.63 bits per heavy atom. The molecule has 0 aromatic carbocycles. The second-order valence-corrected chi connectivity index (χ2v) is 12.3. The molecule has 0 radical (unpaired) electrons. The largest absolute Gasteiger partial charge is 0.457 e. The van der Waals surface area contributed by atoms with Gasteiger partial charge in [-0.25, -0.2) is 0 Å². The van der Waals surface area contributed by atoms with Gasteiger partial charge in [0.1, 0.15) is 30.5 Å². The number of hydrogen-bond donors (Lipinski definition) is 4. The van der Waals surface area contributed by atoms with Crippen molar-refractivity contribution in [1.29, 1.82) is 0 Å². The standard InChI is InChI=1S/C34H66O9/c1-3-5-7-8-9-10-11-12-13-14-15-16-17-18-19-20-21-22-24-40-26-28(42-30(36)23-6-4-2)27-41-34-33(39)32(38)31(37)29(25-35)43-34/h28-29,31-35,37-39H,3-27H2,1-2H3. The minimum absolute atomic E-state index is 0.111. The molecule has 1 saturated heterocycles. The maximum absolute atomic E-state index is 12.2. The van der Waals surface area contributed by atoms with Crippen molar-refractivity contribution in [2.24, 2.45) is 0 Å². The van der Waals surface area contributed by atoms with E-state index in [0.717, 1.165) is 25.7 Å². The molecule has 4 N–H and O–H groups in total. The summed E-state index contributed by atoms with van der Waals surface area (Å²) >= 11 is 0. The Bertz CT molecular complexity index is 633. The first-order chi connectivity index (χ1) is 20.9. The molecule has 9 nitrogen and oxygen atoms in total. The summed E-state index contributed by atoms with van der Waals surface area (Å²) in [5.41, 5.74) is 0. The molecule has 0 aliphatic carbocycles. The van der Waals surface area contributed by atoms with E-state index in [0.29, 0.717) is 13.0 Å². The summed E-state index contributed by atoms with van der Waals surface area (Å²) in [6, 6.07) is 0. The fraction of sp³-hybridized carbons (Fsp3) is 0.971. The molecule has 0 spiro atoms. The zero-order valence-corrected chi connectivity index (χ0v) is 27.5. The van der Waals surface area contributed by atoms with Gasteiger partial charge in [0.25, 0.3) is 0 Å². The van der Waals surface area contributed by atoms with Gasteiger partial charge in [0, 0.05) is 13.0 Å². The van der Waals surface area contributed by atoms with Crippen molar-refractivity contribution in [3.05, 3.63) is 0 Å². The quantitative estimate of drug-likeness (QED) is 0.0591. The van der Waals surface area contributed by atoms with Crippen molar-refractivity contribution in [2.45, 2.75) is 185 Å². The molecule has 6 atom stereocenters. The zero-order chi connectivity index (χ0) is 31.5. The normalized spacial score (nSPS) is 23.0. The topological polar surface area (TPSA) is 135 Å². The van der Waals surface area contributed by atoms with Crippen LogP contribution in [0.4, 0.5) is 0 Å². The van der Waals surface area contributed by atoms with E-state index in [2.05, 4.69) is 6.92 Å². The van der Waals surface area contributed by atoms with Crippen LogP contribution in [0.1, 0.15) is 149 Å². The van der Waals surface area contributed by atoms with Crippen molar-refractivity contribution in [1.82, 2.24) is 0 Å². The molecule has 6 unspecified atom stereocenters. The molecule has 1 aliphatic rings. The number of carbonyl (C=O) groups is 1. The lowest BCUT2D eigenvalue weighted by molar-refractivity contribution is -0.305. The van der Waals surface area contributed by atoms with Crippen molar-refractivity contribution >= 4 is 5.97 Å². The van der Waals surface area contributed by atoms with Gasteiger partial charge < -0.3 is 39.4 Å². The molecule has 1 fully saturated rings. The maximum Gasteiger partial charge on any atom is 0.306 e. The lowest BCUT2D eigenvalue weighted by atomic mass is 9.99. The highest BCUT2D eigenvalue weighted by molar-refractivity contribution is 5.69. The van der Waals surface area contributed by atoms with Crippen molar-refractivity contribution in [3.63, 3.8) is 0 Å². The number of aliphatic hydroxyl groups is 4. The van der Waals surface area contributed by atoms with Gasteiger partial charge in [-0.1, -0.05) is 129 Å². The van der Waals surface area contributed by atoms with Crippen LogP contribution >= 0.6 is 0 Å². The van der Waals surface area contributed by atoms with E-state index in [9.17, 15) is 25.2 Å². The average molecular weight is 619 g/mol. The fourth-order valence-corrected chi connectivity index (χ4v) is 5.41. The fourth-order valence-electron chi connectivity index (χ4n) is 5.41. The summed E-state index contributed by atoms with van der Waals surface area (Å²) in [5, 5.41) is 39.5. The number of carbonyl (C=O) groups excluding carboxylic acids is 1. The van der Waals surface area contributed by atoms with Crippen LogP contribution in [-0.4, -0.2) is 89.6 Å². The van der Waals surface area contributed by atoms with Crippen molar-refractivity contribution < 1.29 is 44.2 Å². The second kappa shape index (κ2) is 27.5. The highest BCUT2D eigenvalue weighted by atomic mass is 16.7. The Kier molecular flexibility index (Phi) is 25.7. The van der Waals surface area contributed by atoms with Crippen LogP contribution in [0.15, 0.2) is 0 Å². The first kappa shape index (κ1) is 40.2. The van der Waals surface area contributed by atoms with E-state index >= 15 is 0 Å². The molecule has 0 bridgehead atoms. The van der Waals surface area contributed by atoms with E-state index in [1.54, 1.807) is 0 Å². The predicted molar refractivity (Wildman–Crippen MR) is 169 cm³/mol. The van der Waals surface area contributed by atoms with Gasteiger partial charge in [0.15, 0.2) is 6.29 Å². The number of ether oxygens (including phenoxy) is 4. The molecule has 43 heavy (non-hydrogen) atoms. The van der Waals surface area contributed by atoms with Gasteiger partial charge >= 0.3 is 5.97 Å². The second-order valence-electron chi connectivity index (χ2n) is 12.3. The highest BCUT2D eigenvalue weighted by Crippen LogP contribution is 2.22. The number of aliphatic hydroxyl groups excluding tert-OH is 4. The molecule has 0 saturated carbocycles. The van der Waals surface area contributed by atoms with Gasteiger partial charge in [-0.2, -0.15) is 0 Å². The Morgan fingerprint density at radius 2 is 1.14 bits per heavy atom. The van der Waals surface area contributed by atoms with Gasteiger partial charge in [0.2, 0.25) is 0 Å². The van der Waals surface area contributed by atoms with Gasteiger partial charge in [0.05, 0.1) is 19.8 Å². The smallest absolute Gasteiger partial charge is 0.306 e. The Morgan fingerprint density at radius 1 is 0.651 bits per heavy atom. The molecule has 1 aliphatic heterocycles. The maximum atomic E-state index is 12.2.